The van der Waals surface area contributed by atoms with Gasteiger partial charge in [0.05, 0.1) is 5.69 Å². The molecule has 4 heteroatoms. The molecule has 1 aliphatic heterocycles. The van der Waals surface area contributed by atoms with Gasteiger partial charge in [-0.05, 0) is 25.9 Å². The Labute approximate surface area is 121 Å². The van der Waals surface area contributed by atoms with Crippen LogP contribution in [0.1, 0.15) is 56.7 Å². The molecule has 1 N–H and O–H groups in total. The zero-order valence-corrected chi connectivity index (χ0v) is 13.1. The van der Waals surface area contributed by atoms with Gasteiger partial charge in [0.1, 0.15) is 5.01 Å². The largest absolute Gasteiger partial charge is 0.308 e. The molecule has 1 aromatic heterocycles. The lowest BCUT2D eigenvalue weighted by Gasteiger charge is -2.23. The van der Waals surface area contributed by atoms with Gasteiger partial charge < -0.3 is 5.32 Å². The van der Waals surface area contributed by atoms with E-state index >= 15 is 0 Å². The number of rotatable bonds is 5. The van der Waals surface area contributed by atoms with Gasteiger partial charge in [0.15, 0.2) is 0 Å². The molecule has 1 saturated heterocycles. The Bertz CT molecular complexity index is 354. The first kappa shape index (κ1) is 14.9. The Morgan fingerprint density at radius 2 is 1.89 bits per heavy atom. The zero-order valence-electron chi connectivity index (χ0n) is 12.3. The molecule has 0 bridgehead atoms. The first-order valence-corrected chi connectivity index (χ1v) is 8.51. The van der Waals surface area contributed by atoms with Gasteiger partial charge in [-0.2, -0.15) is 0 Å². The minimum atomic E-state index is 0.529. The number of nitrogens with one attached hydrogen (secondary N) is 1. The number of hydrogen-bond acceptors (Lipinski definition) is 4. The number of thiazole rings is 1. The average molecular weight is 281 g/mol. The Kier molecular flexibility index (Phi) is 6.28. The minimum Gasteiger partial charge on any atom is -0.308 e. The van der Waals surface area contributed by atoms with E-state index in [2.05, 4.69) is 29.4 Å². The van der Waals surface area contributed by atoms with E-state index < -0.39 is 0 Å². The topological polar surface area (TPSA) is 28.2 Å². The van der Waals surface area contributed by atoms with Gasteiger partial charge >= 0.3 is 0 Å². The average Bonchev–Trinajstić information content (AvgIpc) is 2.77. The van der Waals surface area contributed by atoms with Gasteiger partial charge in [-0.15, -0.1) is 11.3 Å². The maximum atomic E-state index is 4.74. The third-order valence-corrected chi connectivity index (χ3v) is 4.49. The van der Waals surface area contributed by atoms with Crippen LogP contribution in [-0.2, 0) is 13.1 Å². The molecule has 19 heavy (non-hydrogen) atoms. The quantitative estimate of drug-likeness (QED) is 0.896. The van der Waals surface area contributed by atoms with Gasteiger partial charge in [-0.25, -0.2) is 4.98 Å². The predicted octanol–water partition coefficient (Wildman–Crippen LogP) is 3.41. The lowest BCUT2D eigenvalue weighted by atomic mass is 10.1. The highest BCUT2D eigenvalue weighted by Crippen LogP contribution is 2.15. The van der Waals surface area contributed by atoms with Crippen molar-refractivity contribution in [2.24, 2.45) is 0 Å². The SMILES string of the molecule is CC(C)NCc1nc(CN2CCCCCCC2)cs1. The van der Waals surface area contributed by atoms with Crippen LogP contribution in [0.3, 0.4) is 0 Å². The van der Waals surface area contributed by atoms with Crippen molar-refractivity contribution in [2.75, 3.05) is 13.1 Å². The molecular weight excluding hydrogens is 254 g/mol. The highest BCUT2D eigenvalue weighted by Gasteiger charge is 2.11. The van der Waals surface area contributed by atoms with Crippen molar-refractivity contribution >= 4 is 11.3 Å². The van der Waals surface area contributed by atoms with Crippen LogP contribution in [0.4, 0.5) is 0 Å². The van der Waals surface area contributed by atoms with Gasteiger partial charge in [-0.3, -0.25) is 4.90 Å². The van der Waals surface area contributed by atoms with Crippen molar-refractivity contribution in [3.8, 4) is 0 Å². The van der Waals surface area contributed by atoms with E-state index in [-0.39, 0.29) is 0 Å². The molecule has 0 unspecified atom stereocenters. The van der Waals surface area contributed by atoms with Crippen molar-refractivity contribution in [2.45, 2.75) is 65.1 Å². The Morgan fingerprint density at radius 3 is 2.58 bits per heavy atom. The van der Waals surface area contributed by atoms with Crippen LogP contribution in [0.15, 0.2) is 5.38 Å². The molecule has 1 aliphatic rings. The van der Waals surface area contributed by atoms with Crippen LogP contribution in [0.2, 0.25) is 0 Å². The fourth-order valence-corrected chi connectivity index (χ4v) is 3.23. The molecule has 0 aromatic carbocycles. The van der Waals surface area contributed by atoms with Crippen molar-refractivity contribution in [3.63, 3.8) is 0 Å². The van der Waals surface area contributed by atoms with E-state index in [0.29, 0.717) is 6.04 Å². The maximum Gasteiger partial charge on any atom is 0.107 e. The van der Waals surface area contributed by atoms with Crippen molar-refractivity contribution < 1.29 is 0 Å². The third kappa shape index (κ3) is 5.59. The molecule has 108 valence electrons. The molecule has 0 saturated carbocycles. The molecule has 3 nitrogen and oxygen atoms in total. The number of nitrogens with zero attached hydrogens (tertiary/aromatic N) is 2. The van der Waals surface area contributed by atoms with Crippen LogP contribution in [0, 0.1) is 0 Å². The summed E-state index contributed by atoms with van der Waals surface area (Å²) in [6.45, 7) is 8.79. The third-order valence-electron chi connectivity index (χ3n) is 3.60. The predicted molar refractivity (Wildman–Crippen MR) is 82.5 cm³/mol. The second kappa shape index (κ2) is 7.98. The second-order valence-corrected chi connectivity index (χ2v) is 6.75. The number of aromatic nitrogens is 1. The summed E-state index contributed by atoms with van der Waals surface area (Å²) in [6.07, 6.45) is 6.93. The molecule has 0 radical (unpaired) electrons. The van der Waals surface area contributed by atoms with Crippen LogP contribution >= 0.6 is 11.3 Å². The lowest BCUT2D eigenvalue weighted by Crippen LogP contribution is -2.27. The molecule has 0 spiro atoms. The molecule has 2 rings (SSSR count). The summed E-state index contributed by atoms with van der Waals surface area (Å²) in [5.74, 6) is 0. The van der Waals surface area contributed by atoms with Gasteiger partial charge in [0, 0.05) is 24.5 Å². The van der Waals surface area contributed by atoms with Crippen molar-refractivity contribution in [1.82, 2.24) is 15.2 Å². The van der Waals surface area contributed by atoms with Gasteiger partial charge in [0.25, 0.3) is 0 Å². The molecular formula is C15H27N3S. The van der Waals surface area contributed by atoms with Crippen LogP contribution in [0.25, 0.3) is 0 Å². The van der Waals surface area contributed by atoms with E-state index in [0.717, 1.165) is 13.1 Å². The number of hydrogen-bond donors (Lipinski definition) is 1. The normalized spacial score (nSPS) is 18.5. The highest BCUT2D eigenvalue weighted by molar-refractivity contribution is 7.09. The lowest BCUT2D eigenvalue weighted by molar-refractivity contribution is 0.237. The summed E-state index contributed by atoms with van der Waals surface area (Å²) in [5.41, 5.74) is 1.26. The van der Waals surface area contributed by atoms with E-state index in [4.69, 9.17) is 4.98 Å². The standard InChI is InChI=1S/C15H27N3S/c1-13(2)16-10-15-17-14(12-19-15)11-18-8-6-4-3-5-7-9-18/h12-13,16H,3-11H2,1-2H3. The molecule has 0 amide bonds. The summed E-state index contributed by atoms with van der Waals surface area (Å²) in [4.78, 5) is 7.32. The van der Waals surface area contributed by atoms with E-state index in [9.17, 15) is 0 Å². The molecule has 1 fully saturated rings. The molecule has 0 atom stereocenters. The highest BCUT2D eigenvalue weighted by atomic mass is 32.1. The van der Waals surface area contributed by atoms with E-state index in [1.165, 1.54) is 55.9 Å². The van der Waals surface area contributed by atoms with Gasteiger partial charge in [-0.1, -0.05) is 33.1 Å². The number of likely N-dealkylation sites (tertiary alicyclic amines) is 1. The first-order valence-electron chi connectivity index (χ1n) is 7.63. The summed E-state index contributed by atoms with van der Waals surface area (Å²) < 4.78 is 0. The van der Waals surface area contributed by atoms with E-state index in [1.54, 1.807) is 11.3 Å². The zero-order chi connectivity index (χ0) is 13.5. The molecule has 0 aliphatic carbocycles. The summed E-state index contributed by atoms with van der Waals surface area (Å²) >= 11 is 1.79. The minimum absolute atomic E-state index is 0.529. The first-order chi connectivity index (χ1) is 9.24. The summed E-state index contributed by atoms with van der Waals surface area (Å²) in [6, 6.07) is 0.529. The molecule has 1 aromatic rings. The molecule has 2 heterocycles. The smallest absolute Gasteiger partial charge is 0.107 e. The monoisotopic (exact) mass is 281 g/mol. The van der Waals surface area contributed by atoms with E-state index in [1.807, 2.05) is 0 Å². The van der Waals surface area contributed by atoms with Gasteiger partial charge in [0.2, 0.25) is 0 Å². The van der Waals surface area contributed by atoms with Crippen LogP contribution < -0.4 is 5.32 Å². The summed E-state index contributed by atoms with van der Waals surface area (Å²) in [7, 11) is 0. The van der Waals surface area contributed by atoms with Crippen molar-refractivity contribution in [1.29, 1.82) is 0 Å². The Balaban J connectivity index is 1.80. The second-order valence-electron chi connectivity index (χ2n) is 5.81. The van der Waals surface area contributed by atoms with Crippen LogP contribution in [-0.4, -0.2) is 29.0 Å². The fourth-order valence-electron chi connectivity index (χ4n) is 2.49. The summed E-state index contributed by atoms with van der Waals surface area (Å²) in [5, 5.41) is 6.88. The van der Waals surface area contributed by atoms with Crippen molar-refractivity contribution in [3.05, 3.63) is 16.1 Å². The van der Waals surface area contributed by atoms with Crippen LogP contribution in [0.5, 0.6) is 0 Å². The Morgan fingerprint density at radius 1 is 1.21 bits per heavy atom. The fraction of sp³-hybridized carbons (Fsp3) is 0.800. The maximum absolute atomic E-state index is 4.74. The Hall–Kier alpha value is -0.450.